The van der Waals surface area contributed by atoms with Gasteiger partial charge < -0.3 is 32.5 Å². The summed E-state index contributed by atoms with van der Waals surface area (Å²) in [7, 11) is 0. The Labute approximate surface area is 105 Å². The van der Waals surface area contributed by atoms with E-state index in [9.17, 15) is 14.7 Å². The van der Waals surface area contributed by atoms with Gasteiger partial charge >= 0.3 is 11.9 Å². The summed E-state index contributed by atoms with van der Waals surface area (Å²) in [6, 6.07) is -2.07. The van der Waals surface area contributed by atoms with Gasteiger partial charge in [0.2, 0.25) is 0 Å². The highest BCUT2D eigenvalue weighted by Crippen LogP contribution is 2.08. The highest BCUT2D eigenvalue weighted by molar-refractivity contribution is 5.67. The minimum atomic E-state index is -1.05. The number of rotatable bonds is 9. The Morgan fingerprint density at radius 1 is 0.889 bits per heavy atom. The molecule has 0 bridgehead atoms. The lowest BCUT2D eigenvalue weighted by molar-refractivity contribution is -0.138. The van der Waals surface area contributed by atoms with Gasteiger partial charge in [0.25, 0.3) is 0 Å². The molecule has 0 saturated heterocycles. The van der Waals surface area contributed by atoms with E-state index in [1.807, 2.05) is 0 Å². The number of aliphatic carboxylic acids is 2. The highest BCUT2D eigenvalue weighted by Gasteiger charge is 2.22. The predicted molar refractivity (Wildman–Crippen MR) is 63.7 cm³/mol. The summed E-state index contributed by atoms with van der Waals surface area (Å²) in [5.41, 5.74) is 16.7. The van der Waals surface area contributed by atoms with E-state index in [2.05, 4.69) is 0 Å². The molecule has 0 saturated carbocycles. The summed E-state index contributed by atoms with van der Waals surface area (Å²) in [6.45, 7) is 0. The van der Waals surface area contributed by atoms with E-state index in [0.717, 1.165) is 0 Å². The molecule has 0 aromatic carbocycles. The fraction of sp³-hybridized carbons (Fsp3) is 0.800. The molecule has 0 amide bonds. The zero-order valence-electron chi connectivity index (χ0n) is 10.0. The minimum Gasteiger partial charge on any atom is -0.481 e. The van der Waals surface area contributed by atoms with Crippen molar-refractivity contribution in [2.75, 3.05) is 0 Å². The van der Waals surface area contributed by atoms with Crippen LogP contribution < -0.4 is 17.2 Å². The van der Waals surface area contributed by atoms with E-state index in [1.54, 1.807) is 0 Å². The molecule has 18 heavy (non-hydrogen) atoms. The minimum absolute atomic E-state index is 0.0350. The lowest BCUT2D eigenvalue weighted by Gasteiger charge is -2.23. The van der Waals surface area contributed by atoms with Crippen LogP contribution in [0.2, 0.25) is 0 Å². The molecule has 8 heteroatoms. The van der Waals surface area contributed by atoms with E-state index in [-0.39, 0.29) is 25.7 Å². The molecule has 0 aliphatic rings. The van der Waals surface area contributed by atoms with E-state index < -0.39 is 36.2 Å². The van der Waals surface area contributed by atoms with Crippen LogP contribution in [0.25, 0.3) is 0 Å². The van der Waals surface area contributed by atoms with Crippen LogP contribution in [0.4, 0.5) is 0 Å². The fourth-order valence-corrected chi connectivity index (χ4v) is 1.61. The molecular formula is C10H21N3O5. The van der Waals surface area contributed by atoms with Crippen molar-refractivity contribution >= 4 is 11.9 Å². The van der Waals surface area contributed by atoms with Crippen LogP contribution in [0.1, 0.15) is 25.7 Å². The van der Waals surface area contributed by atoms with Gasteiger partial charge in [-0.05, 0) is 12.8 Å². The molecule has 0 aliphatic carbocycles. The first-order valence-electron chi connectivity index (χ1n) is 5.60. The van der Waals surface area contributed by atoms with E-state index in [4.69, 9.17) is 27.4 Å². The molecule has 0 spiro atoms. The molecule has 0 aliphatic heterocycles. The Bertz CT molecular complexity index is 259. The molecule has 0 heterocycles. The van der Waals surface area contributed by atoms with Crippen LogP contribution in [0.3, 0.4) is 0 Å². The van der Waals surface area contributed by atoms with Gasteiger partial charge in [-0.15, -0.1) is 0 Å². The molecule has 0 aromatic heterocycles. The number of hydrogen-bond donors (Lipinski definition) is 6. The Hall–Kier alpha value is -1.22. The molecule has 8 nitrogen and oxygen atoms in total. The summed E-state index contributed by atoms with van der Waals surface area (Å²) in [6.07, 6.45) is -1.33. The lowest BCUT2D eigenvalue weighted by Crippen LogP contribution is -2.43. The van der Waals surface area contributed by atoms with Gasteiger partial charge in [-0.25, -0.2) is 0 Å². The van der Waals surface area contributed by atoms with Gasteiger partial charge in [0.1, 0.15) is 0 Å². The van der Waals surface area contributed by atoms with Crippen LogP contribution in [0, 0.1) is 0 Å². The van der Waals surface area contributed by atoms with Gasteiger partial charge in [0.05, 0.1) is 18.9 Å². The molecule has 4 atom stereocenters. The van der Waals surface area contributed by atoms with Gasteiger partial charge in [0, 0.05) is 18.1 Å². The number of carboxylic acid groups (broad SMARTS) is 2. The molecule has 106 valence electrons. The zero-order chi connectivity index (χ0) is 14.3. The molecule has 9 N–H and O–H groups in total. The summed E-state index contributed by atoms with van der Waals surface area (Å²) >= 11 is 0. The zero-order valence-corrected chi connectivity index (χ0v) is 10.0. The van der Waals surface area contributed by atoms with Crippen LogP contribution in [-0.4, -0.2) is 51.5 Å². The first-order chi connectivity index (χ1) is 8.22. The van der Waals surface area contributed by atoms with Gasteiger partial charge in [-0.2, -0.15) is 0 Å². The topological polar surface area (TPSA) is 173 Å². The van der Waals surface area contributed by atoms with Crippen LogP contribution >= 0.6 is 0 Å². The first kappa shape index (κ1) is 16.8. The average Bonchev–Trinajstić information content (AvgIpc) is 2.13. The van der Waals surface area contributed by atoms with E-state index >= 15 is 0 Å². The summed E-state index contributed by atoms with van der Waals surface area (Å²) in [4.78, 5) is 20.8. The number of aliphatic hydroxyl groups is 1. The number of hydrogen-bond acceptors (Lipinski definition) is 6. The van der Waals surface area contributed by atoms with Crippen molar-refractivity contribution in [3.63, 3.8) is 0 Å². The summed E-state index contributed by atoms with van der Waals surface area (Å²) in [5.74, 6) is -2.09. The number of nitrogens with two attached hydrogens (primary N) is 3. The fourth-order valence-electron chi connectivity index (χ4n) is 1.61. The molecule has 0 fully saturated rings. The maximum Gasteiger partial charge on any atom is 0.304 e. The van der Waals surface area contributed by atoms with E-state index in [0.29, 0.717) is 0 Å². The summed E-state index contributed by atoms with van der Waals surface area (Å²) in [5, 5.41) is 26.7. The second kappa shape index (κ2) is 7.98. The third kappa shape index (κ3) is 7.96. The third-order valence-electron chi connectivity index (χ3n) is 2.49. The summed E-state index contributed by atoms with van der Waals surface area (Å²) < 4.78 is 0. The average molecular weight is 263 g/mol. The van der Waals surface area contributed by atoms with Crippen LogP contribution in [0.5, 0.6) is 0 Å². The maximum atomic E-state index is 10.4. The first-order valence-corrected chi connectivity index (χ1v) is 5.60. The van der Waals surface area contributed by atoms with Crippen molar-refractivity contribution in [2.24, 2.45) is 17.2 Å². The quantitative estimate of drug-likeness (QED) is 0.278. The monoisotopic (exact) mass is 263 g/mol. The van der Waals surface area contributed by atoms with Crippen LogP contribution in [0.15, 0.2) is 0 Å². The number of aliphatic hydroxyl groups excluding tert-OH is 1. The van der Waals surface area contributed by atoms with Gasteiger partial charge in [-0.3, -0.25) is 9.59 Å². The smallest absolute Gasteiger partial charge is 0.304 e. The highest BCUT2D eigenvalue weighted by atomic mass is 16.4. The van der Waals surface area contributed by atoms with Crippen LogP contribution in [-0.2, 0) is 9.59 Å². The lowest BCUT2D eigenvalue weighted by atomic mass is 9.96. The Morgan fingerprint density at radius 2 is 1.28 bits per heavy atom. The largest absolute Gasteiger partial charge is 0.481 e. The number of carboxylic acids is 2. The molecule has 0 rings (SSSR count). The molecule has 0 radical (unpaired) electrons. The van der Waals surface area contributed by atoms with E-state index in [1.165, 1.54) is 0 Å². The third-order valence-corrected chi connectivity index (χ3v) is 2.49. The number of carbonyl (C=O) groups is 2. The molecular weight excluding hydrogens is 242 g/mol. The Morgan fingerprint density at radius 3 is 1.67 bits per heavy atom. The van der Waals surface area contributed by atoms with Gasteiger partial charge in [-0.1, -0.05) is 0 Å². The second-order valence-electron chi connectivity index (χ2n) is 4.42. The standard InChI is InChI=1S/C10H21N3O5/c11-5(3-9(15)16)1-7(13)8(14)2-6(12)4-10(17)18/h5-8,14H,1-4,11-13H2,(H,15,16)(H,17,18). The normalized spacial score (nSPS) is 17.8. The Balaban J connectivity index is 4.05. The van der Waals surface area contributed by atoms with Crippen molar-refractivity contribution in [1.29, 1.82) is 0 Å². The SMILES string of the molecule is NC(CC(=O)O)CC(N)C(O)CC(N)CC(=O)O. The molecule has 4 unspecified atom stereocenters. The maximum absolute atomic E-state index is 10.4. The van der Waals surface area contributed by atoms with Gasteiger partial charge in [0.15, 0.2) is 0 Å². The Kier molecular flexibility index (Phi) is 7.44. The van der Waals surface area contributed by atoms with Crippen molar-refractivity contribution in [1.82, 2.24) is 0 Å². The molecule has 0 aromatic rings. The van der Waals surface area contributed by atoms with Crippen molar-refractivity contribution in [2.45, 2.75) is 49.9 Å². The van der Waals surface area contributed by atoms with Crippen molar-refractivity contribution in [3.05, 3.63) is 0 Å². The van der Waals surface area contributed by atoms with Crippen molar-refractivity contribution < 1.29 is 24.9 Å². The predicted octanol–water partition coefficient (Wildman–Crippen LogP) is -1.94. The second-order valence-corrected chi connectivity index (χ2v) is 4.42. The van der Waals surface area contributed by atoms with Crippen molar-refractivity contribution in [3.8, 4) is 0 Å².